The fourth-order valence-electron chi connectivity index (χ4n) is 1.38. The Kier molecular flexibility index (Phi) is 2.86. The fraction of sp³-hybridized carbons (Fsp3) is 0.417. The highest BCUT2D eigenvalue weighted by Gasteiger charge is 2.12. The molecule has 0 aliphatic rings. The van der Waals surface area contributed by atoms with Crippen LogP contribution in [0.3, 0.4) is 0 Å². The Balaban J connectivity index is 2.94. The van der Waals surface area contributed by atoms with Gasteiger partial charge in [-0.3, -0.25) is 4.79 Å². The lowest BCUT2D eigenvalue weighted by Crippen LogP contribution is -2.10. The summed E-state index contributed by atoms with van der Waals surface area (Å²) in [4.78, 5) is 10.7. The van der Waals surface area contributed by atoms with Crippen molar-refractivity contribution >= 4 is 6.29 Å². The predicted octanol–water partition coefficient (Wildman–Crippen LogP) is 3.09. The van der Waals surface area contributed by atoms with Gasteiger partial charge >= 0.3 is 0 Å². The summed E-state index contributed by atoms with van der Waals surface area (Å²) in [7, 11) is 0. The van der Waals surface area contributed by atoms with Gasteiger partial charge in [-0.1, -0.05) is 45.0 Å². The number of carbonyl (C=O) groups is 1. The molecule has 0 fully saturated rings. The van der Waals surface area contributed by atoms with Gasteiger partial charge in [0.05, 0.1) is 0 Å². The molecule has 0 spiro atoms. The molecule has 1 nitrogen and oxygen atoms in total. The van der Waals surface area contributed by atoms with Crippen LogP contribution in [0.2, 0.25) is 0 Å². The van der Waals surface area contributed by atoms with Crippen LogP contribution >= 0.6 is 0 Å². The predicted molar refractivity (Wildman–Crippen MR) is 55.0 cm³/mol. The van der Waals surface area contributed by atoms with E-state index in [1.165, 1.54) is 0 Å². The van der Waals surface area contributed by atoms with Crippen LogP contribution in [-0.2, 0) is 6.42 Å². The summed E-state index contributed by atoms with van der Waals surface area (Å²) in [5.74, 6) is 0. The van der Waals surface area contributed by atoms with Crippen LogP contribution in [0.25, 0.3) is 0 Å². The minimum atomic E-state index is 0.235. The van der Waals surface area contributed by atoms with E-state index in [9.17, 15) is 4.79 Å². The standard InChI is InChI=1S/C12H16O/c1-12(2,3)8-10-6-4-5-7-11(10)9-13/h4-7,9H,8H2,1-3H3. The van der Waals surface area contributed by atoms with Crippen LogP contribution in [-0.4, -0.2) is 6.29 Å². The largest absolute Gasteiger partial charge is 0.298 e. The van der Waals surface area contributed by atoms with Gasteiger partial charge < -0.3 is 0 Å². The van der Waals surface area contributed by atoms with Crippen LogP contribution in [0, 0.1) is 5.41 Å². The Hall–Kier alpha value is -1.11. The van der Waals surface area contributed by atoms with Gasteiger partial charge in [0.15, 0.2) is 0 Å². The van der Waals surface area contributed by atoms with Crippen molar-refractivity contribution in [3.63, 3.8) is 0 Å². The number of hydrogen-bond donors (Lipinski definition) is 0. The van der Waals surface area contributed by atoms with E-state index in [4.69, 9.17) is 0 Å². The molecule has 0 saturated carbocycles. The lowest BCUT2D eigenvalue weighted by Gasteiger charge is -2.18. The second kappa shape index (κ2) is 3.73. The molecular formula is C12H16O. The molecule has 0 heterocycles. The van der Waals surface area contributed by atoms with Gasteiger partial charge in [-0.2, -0.15) is 0 Å². The number of rotatable bonds is 2. The van der Waals surface area contributed by atoms with E-state index in [0.717, 1.165) is 23.8 Å². The highest BCUT2D eigenvalue weighted by atomic mass is 16.1. The van der Waals surface area contributed by atoms with Crippen LogP contribution in [0.15, 0.2) is 24.3 Å². The van der Waals surface area contributed by atoms with Crippen molar-refractivity contribution in [1.82, 2.24) is 0 Å². The Morgan fingerprint density at radius 1 is 1.23 bits per heavy atom. The molecule has 0 aliphatic heterocycles. The van der Waals surface area contributed by atoms with Gasteiger partial charge in [0.2, 0.25) is 0 Å². The maximum absolute atomic E-state index is 10.7. The minimum absolute atomic E-state index is 0.235. The SMILES string of the molecule is CC(C)(C)Cc1ccccc1C=O. The molecule has 1 aromatic carbocycles. The number of carbonyl (C=O) groups excluding carboxylic acids is 1. The van der Waals surface area contributed by atoms with E-state index in [1.54, 1.807) is 0 Å². The molecule has 0 N–H and O–H groups in total. The van der Waals surface area contributed by atoms with Gasteiger partial charge in [-0.15, -0.1) is 0 Å². The minimum Gasteiger partial charge on any atom is -0.298 e. The van der Waals surface area contributed by atoms with Crippen molar-refractivity contribution < 1.29 is 4.79 Å². The zero-order valence-corrected chi connectivity index (χ0v) is 8.50. The number of aldehydes is 1. The molecule has 0 saturated heterocycles. The third kappa shape index (κ3) is 3.02. The lowest BCUT2D eigenvalue weighted by molar-refractivity contribution is 0.112. The summed E-state index contributed by atoms with van der Waals surface area (Å²) < 4.78 is 0. The van der Waals surface area contributed by atoms with Crippen molar-refractivity contribution in [2.45, 2.75) is 27.2 Å². The zero-order valence-electron chi connectivity index (χ0n) is 8.50. The van der Waals surface area contributed by atoms with Crippen LogP contribution in [0.5, 0.6) is 0 Å². The molecule has 0 bridgehead atoms. The molecule has 0 radical (unpaired) electrons. The molecule has 0 aliphatic carbocycles. The summed E-state index contributed by atoms with van der Waals surface area (Å²) in [6.45, 7) is 6.53. The molecule has 0 unspecified atom stereocenters. The van der Waals surface area contributed by atoms with Crippen LogP contribution in [0.1, 0.15) is 36.7 Å². The second-order valence-corrected chi connectivity index (χ2v) is 4.55. The summed E-state index contributed by atoms with van der Waals surface area (Å²) in [6.07, 6.45) is 1.88. The van der Waals surface area contributed by atoms with Crippen molar-refractivity contribution in [2.75, 3.05) is 0 Å². The summed E-state index contributed by atoms with van der Waals surface area (Å²) in [6, 6.07) is 7.77. The fourth-order valence-corrected chi connectivity index (χ4v) is 1.38. The van der Waals surface area contributed by atoms with Gasteiger partial charge in [-0.25, -0.2) is 0 Å². The molecule has 70 valence electrons. The highest BCUT2D eigenvalue weighted by molar-refractivity contribution is 5.77. The average Bonchev–Trinajstić information content (AvgIpc) is 2.02. The first-order valence-corrected chi connectivity index (χ1v) is 4.56. The van der Waals surface area contributed by atoms with Crippen molar-refractivity contribution in [1.29, 1.82) is 0 Å². The highest BCUT2D eigenvalue weighted by Crippen LogP contribution is 2.21. The van der Waals surface area contributed by atoms with Crippen molar-refractivity contribution in [3.8, 4) is 0 Å². The molecule has 0 aromatic heterocycles. The average molecular weight is 176 g/mol. The molecule has 1 heteroatoms. The van der Waals surface area contributed by atoms with Crippen molar-refractivity contribution in [2.24, 2.45) is 5.41 Å². The summed E-state index contributed by atoms with van der Waals surface area (Å²) in [5, 5.41) is 0. The quantitative estimate of drug-likeness (QED) is 0.633. The Morgan fingerprint density at radius 3 is 2.38 bits per heavy atom. The van der Waals surface area contributed by atoms with E-state index < -0.39 is 0 Å². The van der Waals surface area contributed by atoms with E-state index >= 15 is 0 Å². The first kappa shape index (κ1) is 9.97. The van der Waals surface area contributed by atoms with Crippen LogP contribution in [0.4, 0.5) is 0 Å². The normalized spacial score (nSPS) is 11.3. The van der Waals surface area contributed by atoms with Gasteiger partial charge in [0.25, 0.3) is 0 Å². The first-order chi connectivity index (χ1) is 6.03. The monoisotopic (exact) mass is 176 g/mol. The Labute approximate surface area is 79.8 Å². The van der Waals surface area contributed by atoms with Crippen molar-refractivity contribution in [3.05, 3.63) is 35.4 Å². The molecule has 0 atom stereocenters. The number of hydrogen-bond acceptors (Lipinski definition) is 1. The molecule has 1 rings (SSSR count). The third-order valence-corrected chi connectivity index (χ3v) is 1.90. The van der Waals surface area contributed by atoms with Gasteiger partial charge in [-0.05, 0) is 17.4 Å². The van der Waals surface area contributed by atoms with Crippen LogP contribution < -0.4 is 0 Å². The molecular weight excluding hydrogens is 160 g/mol. The van der Waals surface area contributed by atoms with E-state index in [-0.39, 0.29) is 5.41 Å². The third-order valence-electron chi connectivity index (χ3n) is 1.90. The Bertz CT molecular complexity index is 294. The number of benzene rings is 1. The lowest BCUT2D eigenvalue weighted by atomic mass is 9.86. The van der Waals surface area contributed by atoms with Gasteiger partial charge in [0.1, 0.15) is 6.29 Å². The summed E-state index contributed by atoms with van der Waals surface area (Å²) >= 11 is 0. The molecule has 1 aromatic rings. The topological polar surface area (TPSA) is 17.1 Å². The molecule has 13 heavy (non-hydrogen) atoms. The second-order valence-electron chi connectivity index (χ2n) is 4.55. The van der Waals surface area contributed by atoms with E-state index in [0.29, 0.717) is 0 Å². The maximum Gasteiger partial charge on any atom is 0.150 e. The maximum atomic E-state index is 10.7. The zero-order chi connectivity index (χ0) is 9.90. The van der Waals surface area contributed by atoms with Gasteiger partial charge in [0, 0.05) is 5.56 Å². The van der Waals surface area contributed by atoms with E-state index in [1.807, 2.05) is 24.3 Å². The Morgan fingerprint density at radius 2 is 1.85 bits per heavy atom. The first-order valence-electron chi connectivity index (χ1n) is 4.56. The molecule has 0 amide bonds. The smallest absolute Gasteiger partial charge is 0.150 e. The summed E-state index contributed by atoms with van der Waals surface area (Å²) in [5.41, 5.74) is 2.20. The van der Waals surface area contributed by atoms with E-state index in [2.05, 4.69) is 20.8 Å².